The first-order valence-corrected chi connectivity index (χ1v) is 10.1. The summed E-state index contributed by atoms with van der Waals surface area (Å²) in [7, 11) is 0. The molecule has 1 aromatic carbocycles. The Morgan fingerprint density at radius 3 is 2.91 bits per heavy atom. The largest absolute Gasteiger partial charge is 0.295 e. The number of hydrogen-bond acceptors (Lipinski definition) is 2. The van der Waals surface area contributed by atoms with E-state index in [1.807, 2.05) is 11.3 Å². The lowest BCUT2D eigenvalue weighted by atomic mass is 9.53. The van der Waals surface area contributed by atoms with Crippen molar-refractivity contribution in [3.8, 4) is 0 Å². The first kappa shape index (κ1) is 14.2. The van der Waals surface area contributed by atoms with E-state index >= 15 is 0 Å². The van der Waals surface area contributed by atoms with Gasteiger partial charge in [-0.15, -0.1) is 11.3 Å². The molecular formula is C21H25NS. The van der Waals surface area contributed by atoms with Gasteiger partial charge in [0.05, 0.1) is 0 Å². The molecule has 2 bridgehead atoms. The minimum Gasteiger partial charge on any atom is -0.295 e. The molecule has 1 saturated carbocycles. The smallest absolute Gasteiger partial charge is 0.0236 e. The van der Waals surface area contributed by atoms with Crippen LogP contribution < -0.4 is 0 Å². The second kappa shape index (κ2) is 5.46. The first-order valence-electron chi connectivity index (χ1n) is 9.22. The summed E-state index contributed by atoms with van der Waals surface area (Å²) in [5.74, 6) is 0.899. The van der Waals surface area contributed by atoms with E-state index in [1.165, 1.54) is 50.6 Å². The molecule has 1 aromatic heterocycles. The van der Waals surface area contributed by atoms with Gasteiger partial charge < -0.3 is 0 Å². The number of fused-ring (bicyclic) bond motifs is 1. The van der Waals surface area contributed by atoms with Crippen LogP contribution in [0.1, 0.15) is 48.1 Å². The van der Waals surface area contributed by atoms with Crippen molar-refractivity contribution in [2.24, 2.45) is 5.92 Å². The van der Waals surface area contributed by atoms with E-state index in [1.54, 1.807) is 10.4 Å². The average Bonchev–Trinajstić information content (AvgIpc) is 3.07. The van der Waals surface area contributed by atoms with Crippen LogP contribution in [-0.4, -0.2) is 17.5 Å². The van der Waals surface area contributed by atoms with Crippen molar-refractivity contribution >= 4 is 11.3 Å². The van der Waals surface area contributed by atoms with Crippen LogP contribution in [0.2, 0.25) is 0 Å². The highest BCUT2D eigenvalue weighted by atomic mass is 32.1. The Morgan fingerprint density at radius 1 is 1.09 bits per heavy atom. The predicted molar refractivity (Wildman–Crippen MR) is 96.9 cm³/mol. The van der Waals surface area contributed by atoms with E-state index in [0.717, 1.165) is 18.5 Å². The van der Waals surface area contributed by atoms with Gasteiger partial charge in [-0.1, -0.05) is 43.2 Å². The number of benzene rings is 1. The first-order chi connectivity index (χ1) is 11.4. The van der Waals surface area contributed by atoms with Crippen LogP contribution in [0, 0.1) is 5.92 Å². The molecule has 120 valence electrons. The number of thiophene rings is 1. The van der Waals surface area contributed by atoms with Crippen molar-refractivity contribution in [3.63, 3.8) is 0 Å². The molecular weight excluding hydrogens is 298 g/mol. The van der Waals surface area contributed by atoms with Crippen molar-refractivity contribution in [2.75, 3.05) is 6.54 Å². The van der Waals surface area contributed by atoms with Gasteiger partial charge in [0.2, 0.25) is 0 Å². The number of hydrogen-bond donors (Lipinski definition) is 0. The highest BCUT2D eigenvalue weighted by Gasteiger charge is 2.53. The molecule has 1 nitrogen and oxygen atoms in total. The summed E-state index contributed by atoms with van der Waals surface area (Å²) in [5.41, 5.74) is 3.76. The van der Waals surface area contributed by atoms with Crippen molar-refractivity contribution in [1.29, 1.82) is 0 Å². The summed E-state index contributed by atoms with van der Waals surface area (Å²) < 4.78 is 0. The summed E-state index contributed by atoms with van der Waals surface area (Å²) in [6.07, 6.45) is 8.46. The minimum atomic E-state index is 0.531. The second-order valence-electron chi connectivity index (χ2n) is 7.74. The summed E-state index contributed by atoms with van der Waals surface area (Å²) in [6, 6.07) is 14.3. The topological polar surface area (TPSA) is 3.24 Å². The van der Waals surface area contributed by atoms with Gasteiger partial charge in [-0.3, -0.25) is 4.90 Å². The second-order valence-corrected chi connectivity index (χ2v) is 8.74. The summed E-state index contributed by atoms with van der Waals surface area (Å²) in [6.45, 7) is 2.42. The molecule has 0 amide bonds. The lowest BCUT2D eigenvalue weighted by Crippen LogP contribution is -2.60. The van der Waals surface area contributed by atoms with Gasteiger partial charge in [0, 0.05) is 22.9 Å². The Hall–Kier alpha value is -1.12. The summed E-state index contributed by atoms with van der Waals surface area (Å²) in [4.78, 5) is 4.51. The van der Waals surface area contributed by atoms with Crippen molar-refractivity contribution in [2.45, 2.75) is 56.5 Å². The van der Waals surface area contributed by atoms with E-state index in [2.05, 4.69) is 46.7 Å². The lowest BCUT2D eigenvalue weighted by molar-refractivity contribution is -0.0145. The van der Waals surface area contributed by atoms with Crippen LogP contribution in [0.3, 0.4) is 0 Å². The molecule has 0 N–H and O–H groups in total. The van der Waals surface area contributed by atoms with E-state index in [-0.39, 0.29) is 0 Å². The quantitative estimate of drug-likeness (QED) is 0.751. The Labute approximate surface area is 143 Å². The Morgan fingerprint density at radius 2 is 2.00 bits per heavy atom. The van der Waals surface area contributed by atoms with Crippen LogP contribution in [0.15, 0.2) is 41.8 Å². The molecule has 2 aliphatic carbocycles. The van der Waals surface area contributed by atoms with Crippen LogP contribution in [-0.2, 0) is 18.4 Å². The number of rotatable bonds is 2. The molecule has 3 aliphatic rings. The van der Waals surface area contributed by atoms with Crippen LogP contribution in [0.4, 0.5) is 0 Å². The molecule has 2 aromatic rings. The molecule has 1 unspecified atom stereocenters. The predicted octanol–water partition coefficient (Wildman–Crippen LogP) is 5.01. The number of likely N-dealkylation sites (tertiary alicyclic amines) is 1. The monoisotopic (exact) mass is 323 g/mol. The normalized spacial score (nSPS) is 33.0. The molecule has 0 radical (unpaired) electrons. The molecule has 1 saturated heterocycles. The standard InChI is InChI=1S/C21H25NS/c1-2-6-16(7-3-1)15-22-12-11-21-10-5-4-8-17(21)19(22)14-20-18(21)9-13-23-20/h1-3,6-7,9,13,17,19H,4-5,8,10-12,14-15H2/t17?,19-,21-/m0/s1. The lowest BCUT2D eigenvalue weighted by Gasteiger charge is -2.58. The fourth-order valence-corrected chi connectivity index (χ4v) is 6.82. The summed E-state index contributed by atoms with van der Waals surface area (Å²) in [5, 5.41) is 2.35. The maximum absolute atomic E-state index is 2.81. The molecule has 5 rings (SSSR count). The van der Waals surface area contributed by atoms with E-state index in [9.17, 15) is 0 Å². The summed E-state index contributed by atoms with van der Waals surface area (Å²) >= 11 is 2.01. The van der Waals surface area contributed by atoms with Gasteiger partial charge in [0.25, 0.3) is 0 Å². The van der Waals surface area contributed by atoms with Crippen molar-refractivity contribution in [1.82, 2.24) is 4.90 Å². The third-order valence-electron chi connectivity index (χ3n) is 6.78. The fourth-order valence-electron chi connectivity index (χ4n) is 5.79. The maximum Gasteiger partial charge on any atom is 0.0236 e. The van der Waals surface area contributed by atoms with Gasteiger partial charge in [-0.2, -0.15) is 0 Å². The van der Waals surface area contributed by atoms with Crippen LogP contribution in [0.5, 0.6) is 0 Å². The van der Waals surface area contributed by atoms with Gasteiger partial charge in [0.1, 0.15) is 0 Å². The molecule has 3 atom stereocenters. The molecule has 1 aliphatic heterocycles. The molecule has 2 fully saturated rings. The van der Waals surface area contributed by atoms with Crippen LogP contribution in [0.25, 0.3) is 0 Å². The Bertz CT molecular complexity index is 691. The van der Waals surface area contributed by atoms with Gasteiger partial charge in [0.15, 0.2) is 0 Å². The number of piperidine rings is 1. The SMILES string of the molecule is c1ccc(CN2CC[C@@]34CCCCC3[C@@H]2Cc2sccc24)cc1. The number of nitrogens with zero attached hydrogens (tertiary/aromatic N) is 1. The third-order valence-corrected chi connectivity index (χ3v) is 7.72. The average molecular weight is 324 g/mol. The molecule has 23 heavy (non-hydrogen) atoms. The Balaban J connectivity index is 1.51. The molecule has 0 spiro atoms. The van der Waals surface area contributed by atoms with Gasteiger partial charge in [-0.25, -0.2) is 0 Å². The third kappa shape index (κ3) is 2.15. The maximum atomic E-state index is 2.81. The minimum absolute atomic E-state index is 0.531. The fraction of sp³-hybridized carbons (Fsp3) is 0.524. The van der Waals surface area contributed by atoms with Crippen molar-refractivity contribution in [3.05, 3.63) is 57.8 Å². The van der Waals surface area contributed by atoms with E-state index in [4.69, 9.17) is 0 Å². The zero-order valence-electron chi connectivity index (χ0n) is 13.7. The van der Waals surface area contributed by atoms with Crippen LogP contribution >= 0.6 is 11.3 Å². The molecule has 2 heteroatoms. The van der Waals surface area contributed by atoms with E-state index < -0.39 is 0 Å². The van der Waals surface area contributed by atoms with Gasteiger partial charge in [-0.05, 0) is 60.7 Å². The van der Waals surface area contributed by atoms with Gasteiger partial charge >= 0.3 is 0 Å². The Kier molecular flexibility index (Phi) is 3.38. The van der Waals surface area contributed by atoms with E-state index in [0.29, 0.717) is 5.41 Å². The highest BCUT2D eigenvalue weighted by molar-refractivity contribution is 7.10. The van der Waals surface area contributed by atoms with Crippen molar-refractivity contribution < 1.29 is 0 Å². The molecule has 2 heterocycles. The zero-order valence-corrected chi connectivity index (χ0v) is 14.5. The zero-order chi connectivity index (χ0) is 15.3. The highest BCUT2D eigenvalue weighted by Crippen LogP contribution is 2.56.